The summed E-state index contributed by atoms with van der Waals surface area (Å²) in [6, 6.07) is 3.75. The van der Waals surface area contributed by atoms with Crippen LogP contribution in [0.2, 0.25) is 5.02 Å². The van der Waals surface area contributed by atoms with E-state index in [2.05, 4.69) is 15.9 Å². The molecule has 4 nitrogen and oxygen atoms in total. The highest BCUT2D eigenvalue weighted by atomic mass is 79.9. The lowest BCUT2D eigenvalue weighted by Gasteiger charge is -2.28. The van der Waals surface area contributed by atoms with Crippen molar-refractivity contribution >= 4 is 27.5 Å². The normalized spacial score (nSPS) is 24.0. The van der Waals surface area contributed by atoms with Crippen molar-refractivity contribution in [1.82, 2.24) is 0 Å². The van der Waals surface area contributed by atoms with E-state index < -0.39 is 0 Å². The maximum absolute atomic E-state index is 6.37. The van der Waals surface area contributed by atoms with Gasteiger partial charge in [-0.2, -0.15) is 0 Å². The fourth-order valence-electron chi connectivity index (χ4n) is 2.29. The Balaban J connectivity index is 1.86. The Kier molecular flexibility index (Phi) is 4.71. The Morgan fingerprint density at radius 2 is 1.85 bits per heavy atom. The third kappa shape index (κ3) is 3.06. The molecule has 0 amide bonds. The van der Waals surface area contributed by atoms with E-state index in [9.17, 15) is 0 Å². The molecule has 6 heteroatoms. The second-order valence-electron chi connectivity index (χ2n) is 4.76. The van der Waals surface area contributed by atoms with Gasteiger partial charge in [0.05, 0.1) is 44.0 Å². The molecule has 2 aliphatic rings. The van der Waals surface area contributed by atoms with E-state index in [1.807, 2.05) is 12.1 Å². The lowest BCUT2D eigenvalue weighted by atomic mass is 10.1. The van der Waals surface area contributed by atoms with Crippen LogP contribution in [0.3, 0.4) is 0 Å². The van der Waals surface area contributed by atoms with E-state index >= 15 is 0 Å². The minimum atomic E-state index is -0.0500. The zero-order valence-corrected chi connectivity index (χ0v) is 13.3. The largest absolute Gasteiger partial charge is 0.490 e. The topological polar surface area (TPSA) is 36.9 Å². The van der Waals surface area contributed by atoms with Crippen LogP contribution in [-0.2, 0) is 9.47 Å². The van der Waals surface area contributed by atoms with Gasteiger partial charge in [0.25, 0.3) is 0 Å². The van der Waals surface area contributed by atoms with Crippen molar-refractivity contribution in [2.24, 2.45) is 0 Å². The first-order chi connectivity index (χ1) is 9.75. The van der Waals surface area contributed by atoms with Crippen LogP contribution < -0.4 is 9.47 Å². The van der Waals surface area contributed by atoms with Gasteiger partial charge in [-0.05, 0) is 11.6 Å². The van der Waals surface area contributed by atoms with Crippen LogP contribution in [0.1, 0.15) is 16.8 Å². The summed E-state index contributed by atoms with van der Waals surface area (Å²) in [5.41, 5.74) is 0.936. The SMILES string of the molecule is Clc1cc2c(cc1C(Br)C1COCCO1)OCCCO2. The molecule has 0 radical (unpaired) electrons. The number of benzene rings is 1. The van der Waals surface area contributed by atoms with Gasteiger partial charge in [-0.15, -0.1) is 0 Å². The molecule has 0 N–H and O–H groups in total. The van der Waals surface area contributed by atoms with Crippen LogP contribution in [0.25, 0.3) is 0 Å². The van der Waals surface area contributed by atoms with Crippen LogP contribution in [0, 0.1) is 0 Å². The van der Waals surface area contributed by atoms with Crippen molar-refractivity contribution in [3.8, 4) is 11.5 Å². The molecule has 0 spiro atoms. The van der Waals surface area contributed by atoms with Crippen LogP contribution in [0.4, 0.5) is 0 Å². The van der Waals surface area contributed by atoms with E-state index in [-0.39, 0.29) is 10.9 Å². The number of hydrogen-bond donors (Lipinski definition) is 0. The van der Waals surface area contributed by atoms with Gasteiger partial charge in [0.1, 0.15) is 0 Å². The molecule has 1 aromatic carbocycles. The molecule has 3 rings (SSSR count). The molecule has 2 unspecified atom stereocenters. The highest BCUT2D eigenvalue weighted by Gasteiger charge is 2.27. The van der Waals surface area contributed by atoms with E-state index in [4.69, 9.17) is 30.5 Å². The Bertz CT molecular complexity index is 476. The van der Waals surface area contributed by atoms with Crippen LogP contribution in [0.5, 0.6) is 11.5 Å². The standard InChI is InChI=1S/C14H16BrClO4/c15-14(13-8-17-4-5-20-13)9-6-11-12(7-10(9)16)19-3-1-2-18-11/h6-7,13-14H,1-5,8H2. The summed E-state index contributed by atoms with van der Waals surface area (Å²) in [7, 11) is 0. The number of alkyl halides is 1. The smallest absolute Gasteiger partial charge is 0.162 e. The number of rotatable bonds is 2. The summed E-state index contributed by atoms with van der Waals surface area (Å²) in [6.07, 6.45) is 0.824. The molecule has 1 saturated heterocycles. The number of ether oxygens (including phenoxy) is 4. The lowest BCUT2D eigenvalue weighted by Crippen LogP contribution is -2.31. The molecule has 2 atom stereocenters. The quantitative estimate of drug-likeness (QED) is 0.755. The molecule has 0 bridgehead atoms. The first-order valence-electron chi connectivity index (χ1n) is 6.68. The van der Waals surface area contributed by atoms with Crippen LogP contribution in [0.15, 0.2) is 12.1 Å². The molecule has 110 valence electrons. The van der Waals surface area contributed by atoms with Gasteiger partial charge >= 0.3 is 0 Å². The summed E-state index contributed by atoms with van der Waals surface area (Å²) < 4.78 is 22.5. The van der Waals surface area contributed by atoms with Gasteiger partial charge in [0, 0.05) is 17.5 Å². The number of fused-ring (bicyclic) bond motifs is 1. The summed E-state index contributed by atoms with van der Waals surface area (Å²) in [4.78, 5) is -0.0348. The van der Waals surface area contributed by atoms with Crippen molar-refractivity contribution in [1.29, 1.82) is 0 Å². The third-order valence-corrected chi connectivity index (χ3v) is 4.74. The fraction of sp³-hybridized carbons (Fsp3) is 0.571. The van der Waals surface area contributed by atoms with E-state index in [0.29, 0.717) is 43.8 Å². The van der Waals surface area contributed by atoms with E-state index in [0.717, 1.165) is 17.7 Å². The summed E-state index contributed by atoms with van der Waals surface area (Å²) >= 11 is 10.0. The molecular formula is C14H16BrClO4. The molecule has 0 aliphatic carbocycles. The summed E-state index contributed by atoms with van der Waals surface area (Å²) in [5.74, 6) is 1.44. The Labute approximate surface area is 131 Å². The van der Waals surface area contributed by atoms with Crippen LogP contribution in [-0.4, -0.2) is 39.1 Å². The third-order valence-electron chi connectivity index (χ3n) is 3.33. The minimum Gasteiger partial charge on any atom is -0.490 e. The highest BCUT2D eigenvalue weighted by Crippen LogP contribution is 2.41. The molecule has 1 fully saturated rings. The van der Waals surface area contributed by atoms with Crippen molar-refractivity contribution < 1.29 is 18.9 Å². The predicted molar refractivity (Wildman–Crippen MR) is 79.3 cm³/mol. The minimum absolute atomic E-state index is 0.0348. The molecule has 0 aromatic heterocycles. The second-order valence-corrected chi connectivity index (χ2v) is 6.15. The van der Waals surface area contributed by atoms with E-state index in [1.165, 1.54) is 0 Å². The van der Waals surface area contributed by atoms with E-state index in [1.54, 1.807) is 0 Å². The molecule has 0 saturated carbocycles. The van der Waals surface area contributed by atoms with Gasteiger partial charge in [-0.1, -0.05) is 27.5 Å². The lowest BCUT2D eigenvalue weighted by molar-refractivity contribution is -0.0876. The average Bonchev–Trinajstić information content (AvgIpc) is 2.71. The van der Waals surface area contributed by atoms with Gasteiger partial charge in [-0.3, -0.25) is 0 Å². The summed E-state index contributed by atoms with van der Waals surface area (Å²) in [6.45, 7) is 3.12. The predicted octanol–water partition coefficient (Wildman–Crippen LogP) is 3.35. The average molecular weight is 364 g/mol. The molecule has 1 aromatic rings. The Hall–Kier alpha value is -0.490. The van der Waals surface area contributed by atoms with Crippen molar-refractivity contribution in [2.45, 2.75) is 17.4 Å². The molecule has 2 heterocycles. The monoisotopic (exact) mass is 362 g/mol. The highest BCUT2D eigenvalue weighted by molar-refractivity contribution is 9.09. The maximum Gasteiger partial charge on any atom is 0.162 e. The van der Waals surface area contributed by atoms with Gasteiger partial charge in [0.15, 0.2) is 11.5 Å². The molecular weight excluding hydrogens is 348 g/mol. The Morgan fingerprint density at radius 1 is 1.10 bits per heavy atom. The second kappa shape index (κ2) is 6.52. The van der Waals surface area contributed by atoms with Gasteiger partial charge < -0.3 is 18.9 Å². The van der Waals surface area contributed by atoms with Crippen molar-refractivity contribution in [3.63, 3.8) is 0 Å². The maximum atomic E-state index is 6.37. The fourth-order valence-corrected chi connectivity index (χ4v) is 3.37. The van der Waals surface area contributed by atoms with Crippen molar-refractivity contribution in [3.05, 3.63) is 22.7 Å². The van der Waals surface area contributed by atoms with Gasteiger partial charge in [-0.25, -0.2) is 0 Å². The molecule has 2 aliphatic heterocycles. The first-order valence-corrected chi connectivity index (χ1v) is 7.97. The first kappa shape index (κ1) is 14.4. The van der Waals surface area contributed by atoms with Gasteiger partial charge in [0.2, 0.25) is 0 Å². The zero-order chi connectivity index (χ0) is 13.9. The summed E-state index contributed by atoms with van der Waals surface area (Å²) in [5, 5.41) is 0.644. The van der Waals surface area contributed by atoms with Crippen LogP contribution >= 0.6 is 27.5 Å². The Morgan fingerprint density at radius 3 is 2.55 bits per heavy atom. The zero-order valence-electron chi connectivity index (χ0n) is 10.9. The molecule has 20 heavy (non-hydrogen) atoms. The van der Waals surface area contributed by atoms with Crippen molar-refractivity contribution in [2.75, 3.05) is 33.0 Å². The number of hydrogen-bond acceptors (Lipinski definition) is 4. The number of halogens is 2.